The number of aromatic nitrogens is 2. The molecular weight excluding hydrogens is 364 g/mol. The lowest BCUT2D eigenvalue weighted by atomic mass is 10.0. The zero-order valence-corrected chi connectivity index (χ0v) is 16.5. The lowest BCUT2D eigenvalue weighted by Gasteiger charge is -2.34. The molecule has 5 rings (SSSR count). The Labute approximate surface area is 170 Å². The first-order valence-corrected chi connectivity index (χ1v) is 10.0. The molecule has 0 atom stereocenters. The van der Waals surface area contributed by atoms with Crippen LogP contribution in [-0.2, 0) is 20.2 Å². The first kappa shape index (κ1) is 17.9. The van der Waals surface area contributed by atoms with Crippen molar-refractivity contribution in [2.45, 2.75) is 13.2 Å². The van der Waals surface area contributed by atoms with E-state index in [4.69, 9.17) is 4.74 Å². The van der Waals surface area contributed by atoms with Crippen molar-refractivity contribution in [2.75, 3.05) is 26.2 Å². The minimum atomic E-state index is 0.00388. The Morgan fingerprint density at radius 3 is 2.52 bits per heavy atom. The maximum atomic E-state index is 13.2. The van der Waals surface area contributed by atoms with E-state index in [2.05, 4.69) is 34.3 Å². The van der Waals surface area contributed by atoms with Gasteiger partial charge < -0.3 is 9.64 Å². The number of rotatable bonds is 3. The molecule has 0 N–H and O–H groups in total. The SMILES string of the molecule is Cn1nc(C(=O)N2CCN(Cc3ccccc3)CC2)c2c1-c1ccccc1OC2. The van der Waals surface area contributed by atoms with Crippen LogP contribution in [0.15, 0.2) is 54.6 Å². The van der Waals surface area contributed by atoms with Crippen LogP contribution in [0.25, 0.3) is 11.3 Å². The molecule has 1 fully saturated rings. The van der Waals surface area contributed by atoms with Crippen LogP contribution < -0.4 is 4.74 Å². The quantitative estimate of drug-likeness (QED) is 0.692. The second kappa shape index (κ2) is 7.37. The van der Waals surface area contributed by atoms with Gasteiger partial charge in [-0.05, 0) is 17.7 Å². The highest BCUT2D eigenvalue weighted by Crippen LogP contribution is 2.38. The smallest absolute Gasteiger partial charge is 0.274 e. The molecule has 29 heavy (non-hydrogen) atoms. The molecule has 2 aromatic carbocycles. The Bertz CT molecular complexity index is 1040. The van der Waals surface area contributed by atoms with Crippen LogP contribution in [-0.4, -0.2) is 51.7 Å². The van der Waals surface area contributed by atoms with Gasteiger partial charge in [-0.15, -0.1) is 0 Å². The Morgan fingerprint density at radius 2 is 1.72 bits per heavy atom. The van der Waals surface area contributed by atoms with Gasteiger partial charge in [0.2, 0.25) is 0 Å². The fraction of sp³-hybridized carbons (Fsp3) is 0.304. The Kier molecular flexibility index (Phi) is 4.56. The van der Waals surface area contributed by atoms with Gasteiger partial charge in [0, 0.05) is 50.9 Å². The number of piperazine rings is 1. The molecule has 0 saturated carbocycles. The molecule has 6 nitrogen and oxygen atoms in total. The van der Waals surface area contributed by atoms with E-state index in [9.17, 15) is 4.79 Å². The predicted octanol–water partition coefficient (Wildman–Crippen LogP) is 2.94. The minimum Gasteiger partial charge on any atom is -0.488 e. The third-order valence-electron chi connectivity index (χ3n) is 5.77. The summed E-state index contributed by atoms with van der Waals surface area (Å²) in [5, 5.41) is 4.58. The number of fused-ring (bicyclic) bond motifs is 3. The van der Waals surface area contributed by atoms with Gasteiger partial charge in [-0.2, -0.15) is 5.10 Å². The average Bonchev–Trinajstić information content (AvgIpc) is 3.11. The first-order chi connectivity index (χ1) is 14.2. The Morgan fingerprint density at radius 1 is 1.00 bits per heavy atom. The van der Waals surface area contributed by atoms with E-state index in [1.54, 1.807) is 0 Å². The van der Waals surface area contributed by atoms with Crippen molar-refractivity contribution in [1.29, 1.82) is 0 Å². The number of aryl methyl sites for hydroxylation is 1. The van der Waals surface area contributed by atoms with E-state index in [-0.39, 0.29) is 5.91 Å². The fourth-order valence-electron chi connectivity index (χ4n) is 4.25. The van der Waals surface area contributed by atoms with Gasteiger partial charge in [-0.3, -0.25) is 14.4 Å². The van der Waals surface area contributed by atoms with E-state index < -0.39 is 0 Å². The van der Waals surface area contributed by atoms with Crippen molar-refractivity contribution < 1.29 is 9.53 Å². The normalized spacial score (nSPS) is 16.1. The van der Waals surface area contributed by atoms with E-state index in [0.717, 1.165) is 42.2 Å². The number of hydrogen-bond acceptors (Lipinski definition) is 4. The molecule has 0 aliphatic carbocycles. The number of hydrogen-bond donors (Lipinski definition) is 0. The summed E-state index contributed by atoms with van der Waals surface area (Å²) in [5.74, 6) is 0.848. The standard InChI is InChI=1S/C23H24N4O2/c1-25-22-18-9-5-6-10-20(18)29-16-19(22)21(24-25)23(28)27-13-11-26(12-14-27)15-17-7-3-2-4-8-17/h2-10H,11-16H2,1H3. The van der Waals surface area contributed by atoms with Gasteiger partial charge in [-0.1, -0.05) is 42.5 Å². The summed E-state index contributed by atoms with van der Waals surface area (Å²) in [6, 6.07) is 18.4. The van der Waals surface area contributed by atoms with Crippen LogP contribution >= 0.6 is 0 Å². The molecular formula is C23H24N4O2. The predicted molar refractivity (Wildman–Crippen MR) is 111 cm³/mol. The molecule has 148 valence electrons. The van der Waals surface area contributed by atoms with Crippen molar-refractivity contribution in [3.63, 3.8) is 0 Å². The second-order valence-electron chi connectivity index (χ2n) is 7.64. The first-order valence-electron chi connectivity index (χ1n) is 10.0. The van der Waals surface area contributed by atoms with E-state index in [1.165, 1.54) is 5.56 Å². The van der Waals surface area contributed by atoms with Gasteiger partial charge in [0.15, 0.2) is 5.69 Å². The number of ether oxygens (including phenoxy) is 1. The van der Waals surface area contributed by atoms with Crippen LogP contribution in [0.1, 0.15) is 21.6 Å². The lowest BCUT2D eigenvalue weighted by Crippen LogP contribution is -2.48. The summed E-state index contributed by atoms with van der Waals surface area (Å²) >= 11 is 0. The molecule has 0 spiro atoms. The number of carbonyl (C=O) groups is 1. The zero-order valence-electron chi connectivity index (χ0n) is 16.5. The molecule has 2 aliphatic heterocycles. The van der Waals surface area contributed by atoms with Gasteiger partial charge >= 0.3 is 0 Å². The Hall–Kier alpha value is -3.12. The molecule has 0 unspecified atom stereocenters. The maximum Gasteiger partial charge on any atom is 0.274 e. The van der Waals surface area contributed by atoms with Crippen LogP contribution in [0, 0.1) is 0 Å². The number of carbonyl (C=O) groups excluding carboxylic acids is 1. The van der Waals surface area contributed by atoms with Crippen LogP contribution in [0.2, 0.25) is 0 Å². The monoisotopic (exact) mass is 388 g/mol. The molecule has 1 saturated heterocycles. The summed E-state index contributed by atoms with van der Waals surface area (Å²) in [6.07, 6.45) is 0. The number of nitrogens with zero attached hydrogens (tertiary/aromatic N) is 4. The molecule has 3 heterocycles. The van der Waals surface area contributed by atoms with Crippen LogP contribution in [0.3, 0.4) is 0 Å². The average molecular weight is 388 g/mol. The van der Waals surface area contributed by atoms with Gasteiger partial charge in [-0.25, -0.2) is 0 Å². The minimum absolute atomic E-state index is 0.00388. The molecule has 0 bridgehead atoms. The molecule has 2 aliphatic rings. The van der Waals surface area contributed by atoms with E-state index in [0.29, 0.717) is 25.4 Å². The van der Waals surface area contributed by atoms with E-state index >= 15 is 0 Å². The van der Waals surface area contributed by atoms with Crippen molar-refractivity contribution in [2.24, 2.45) is 7.05 Å². The number of amides is 1. The van der Waals surface area contributed by atoms with Crippen molar-refractivity contribution >= 4 is 5.91 Å². The zero-order chi connectivity index (χ0) is 19.8. The lowest BCUT2D eigenvalue weighted by molar-refractivity contribution is 0.0619. The highest BCUT2D eigenvalue weighted by atomic mass is 16.5. The van der Waals surface area contributed by atoms with Gasteiger partial charge in [0.05, 0.1) is 5.69 Å². The number of para-hydroxylation sites is 1. The van der Waals surface area contributed by atoms with Gasteiger partial charge in [0.1, 0.15) is 12.4 Å². The molecule has 0 radical (unpaired) electrons. The van der Waals surface area contributed by atoms with Crippen molar-refractivity contribution in [1.82, 2.24) is 19.6 Å². The summed E-state index contributed by atoms with van der Waals surface area (Å²) in [6.45, 7) is 4.48. The number of benzene rings is 2. The van der Waals surface area contributed by atoms with Crippen LogP contribution in [0.5, 0.6) is 5.75 Å². The van der Waals surface area contributed by atoms with Gasteiger partial charge in [0.25, 0.3) is 5.91 Å². The second-order valence-corrected chi connectivity index (χ2v) is 7.64. The van der Waals surface area contributed by atoms with E-state index in [1.807, 2.05) is 47.0 Å². The maximum absolute atomic E-state index is 13.2. The summed E-state index contributed by atoms with van der Waals surface area (Å²) in [5.41, 5.74) is 4.70. The fourth-order valence-corrected chi connectivity index (χ4v) is 4.25. The molecule has 1 aromatic heterocycles. The molecule has 6 heteroatoms. The van der Waals surface area contributed by atoms with Crippen molar-refractivity contribution in [3.05, 3.63) is 71.4 Å². The molecule has 3 aromatic rings. The third-order valence-corrected chi connectivity index (χ3v) is 5.77. The highest BCUT2D eigenvalue weighted by Gasteiger charge is 2.31. The summed E-state index contributed by atoms with van der Waals surface area (Å²) < 4.78 is 7.71. The topological polar surface area (TPSA) is 50.6 Å². The van der Waals surface area contributed by atoms with Crippen molar-refractivity contribution in [3.8, 4) is 17.0 Å². The largest absolute Gasteiger partial charge is 0.488 e. The Balaban J connectivity index is 1.32. The molecule has 1 amide bonds. The van der Waals surface area contributed by atoms with Crippen LogP contribution in [0.4, 0.5) is 0 Å². The third kappa shape index (κ3) is 3.29. The summed E-state index contributed by atoms with van der Waals surface area (Å²) in [7, 11) is 1.90. The highest BCUT2D eigenvalue weighted by molar-refractivity contribution is 5.96. The summed E-state index contributed by atoms with van der Waals surface area (Å²) in [4.78, 5) is 17.6.